The smallest absolute Gasteiger partial charge is 0.264 e. The van der Waals surface area contributed by atoms with E-state index in [2.05, 4.69) is 0 Å². The van der Waals surface area contributed by atoms with Crippen molar-refractivity contribution in [2.75, 3.05) is 25.7 Å². The highest BCUT2D eigenvalue weighted by atomic mass is 32.2. The minimum absolute atomic E-state index is 0.0496. The SMILES string of the molecule is CS(=O)(=O)OC[C@H]1CC=CC[C@H]1COS(C)(=O)=O. The quantitative estimate of drug-likeness (QED) is 0.525. The van der Waals surface area contributed by atoms with Gasteiger partial charge in [-0.3, -0.25) is 8.37 Å². The molecule has 1 aliphatic rings. The summed E-state index contributed by atoms with van der Waals surface area (Å²) in [5.74, 6) is -0.0991. The molecule has 2 atom stereocenters. The van der Waals surface area contributed by atoms with Gasteiger partial charge in [0.25, 0.3) is 20.2 Å². The Kier molecular flexibility index (Phi) is 5.32. The Hall–Kier alpha value is -0.440. The molecule has 1 aliphatic carbocycles. The molecule has 0 aromatic carbocycles. The molecule has 0 unspecified atom stereocenters. The number of hydrogen-bond acceptors (Lipinski definition) is 6. The lowest BCUT2D eigenvalue weighted by Gasteiger charge is -2.27. The molecular weight excluding hydrogens is 280 g/mol. The Morgan fingerprint density at radius 2 is 1.22 bits per heavy atom. The highest BCUT2D eigenvalue weighted by Crippen LogP contribution is 2.26. The van der Waals surface area contributed by atoms with Gasteiger partial charge in [-0.1, -0.05) is 12.2 Å². The lowest BCUT2D eigenvalue weighted by molar-refractivity contribution is 0.146. The summed E-state index contributed by atoms with van der Waals surface area (Å²) < 4.78 is 53.2. The van der Waals surface area contributed by atoms with E-state index in [0.717, 1.165) is 12.5 Å². The van der Waals surface area contributed by atoms with E-state index in [9.17, 15) is 16.8 Å². The fourth-order valence-corrected chi connectivity index (χ4v) is 2.60. The van der Waals surface area contributed by atoms with E-state index in [1.165, 1.54) is 0 Å². The average molecular weight is 298 g/mol. The lowest BCUT2D eigenvalue weighted by Crippen LogP contribution is -2.27. The van der Waals surface area contributed by atoms with Crippen LogP contribution in [0.25, 0.3) is 0 Å². The molecule has 106 valence electrons. The van der Waals surface area contributed by atoms with E-state index in [1.54, 1.807) is 0 Å². The summed E-state index contributed by atoms with van der Waals surface area (Å²) in [4.78, 5) is 0. The second-order valence-electron chi connectivity index (χ2n) is 4.44. The molecule has 0 saturated heterocycles. The molecule has 0 aromatic heterocycles. The van der Waals surface area contributed by atoms with Crippen molar-refractivity contribution < 1.29 is 25.2 Å². The van der Waals surface area contributed by atoms with E-state index >= 15 is 0 Å². The van der Waals surface area contributed by atoms with Crippen molar-refractivity contribution in [1.29, 1.82) is 0 Å². The van der Waals surface area contributed by atoms with Crippen molar-refractivity contribution in [2.24, 2.45) is 11.8 Å². The summed E-state index contributed by atoms with van der Waals surface area (Å²) in [7, 11) is -6.95. The summed E-state index contributed by atoms with van der Waals surface area (Å²) >= 11 is 0. The molecule has 0 radical (unpaired) electrons. The molecule has 0 amide bonds. The van der Waals surface area contributed by atoms with Gasteiger partial charge in [-0.15, -0.1) is 0 Å². The van der Waals surface area contributed by atoms with Crippen LogP contribution >= 0.6 is 0 Å². The van der Waals surface area contributed by atoms with Crippen LogP contribution in [-0.4, -0.2) is 42.6 Å². The molecule has 0 fully saturated rings. The highest BCUT2D eigenvalue weighted by molar-refractivity contribution is 7.86. The van der Waals surface area contributed by atoms with Gasteiger partial charge in [-0.25, -0.2) is 0 Å². The van der Waals surface area contributed by atoms with Crippen molar-refractivity contribution in [3.8, 4) is 0 Å². The van der Waals surface area contributed by atoms with Crippen LogP contribution in [0.3, 0.4) is 0 Å². The van der Waals surface area contributed by atoms with Crippen molar-refractivity contribution >= 4 is 20.2 Å². The third kappa shape index (κ3) is 6.48. The average Bonchev–Trinajstić information content (AvgIpc) is 2.22. The number of rotatable bonds is 6. The standard InChI is InChI=1S/C10H18O6S2/c1-17(11,12)15-7-9-5-3-4-6-10(9)8-16-18(2,13)14/h3-4,9-10H,5-8H2,1-2H3/t9-,10+. The van der Waals surface area contributed by atoms with Gasteiger partial charge in [-0.05, 0) is 24.7 Å². The maximum atomic E-state index is 10.9. The second kappa shape index (κ2) is 6.14. The maximum Gasteiger partial charge on any atom is 0.264 e. The van der Waals surface area contributed by atoms with Crippen molar-refractivity contribution in [3.63, 3.8) is 0 Å². The molecule has 0 aliphatic heterocycles. The van der Waals surface area contributed by atoms with Gasteiger partial charge in [-0.2, -0.15) is 16.8 Å². The van der Waals surface area contributed by atoms with Gasteiger partial charge < -0.3 is 0 Å². The Balaban J connectivity index is 2.55. The minimum atomic E-state index is -3.47. The molecule has 18 heavy (non-hydrogen) atoms. The second-order valence-corrected chi connectivity index (χ2v) is 7.73. The Morgan fingerprint density at radius 1 is 0.889 bits per heavy atom. The molecule has 0 bridgehead atoms. The van der Waals surface area contributed by atoms with Crippen molar-refractivity contribution in [3.05, 3.63) is 12.2 Å². The van der Waals surface area contributed by atoms with E-state index in [0.29, 0.717) is 12.8 Å². The molecule has 0 heterocycles. The van der Waals surface area contributed by atoms with Crippen LogP contribution in [-0.2, 0) is 28.6 Å². The predicted octanol–water partition coefficient (Wildman–Crippen LogP) is 0.521. The Morgan fingerprint density at radius 3 is 1.50 bits per heavy atom. The zero-order valence-corrected chi connectivity index (χ0v) is 12.0. The van der Waals surface area contributed by atoms with Gasteiger partial charge in [0.15, 0.2) is 0 Å². The van der Waals surface area contributed by atoms with E-state index in [-0.39, 0.29) is 25.0 Å². The van der Waals surface area contributed by atoms with Crippen LogP contribution in [0.4, 0.5) is 0 Å². The summed E-state index contributed by atoms with van der Waals surface area (Å²) in [5.41, 5.74) is 0. The molecule has 1 rings (SSSR count). The molecule has 0 aromatic rings. The monoisotopic (exact) mass is 298 g/mol. The van der Waals surface area contributed by atoms with Crippen molar-refractivity contribution in [2.45, 2.75) is 12.8 Å². The van der Waals surface area contributed by atoms with Crippen LogP contribution in [0.5, 0.6) is 0 Å². The van der Waals surface area contributed by atoms with Gasteiger partial charge in [0.05, 0.1) is 25.7 Å². The number of allylic oxidation sites excluding steroid dienone is 2. The maximum absolute atomic E-state index is 10.9. The minimum Gasteiger partial charge on any atom is -0.270 e. The van der Waals surface area contributed by atoms with Crippen LogP contribution in [0.1, 0.15) is 12.8 Å². The van der Waals surface area contributed by atoms with Crippen molar-refractivity contribution in [1.82, 2.24) is 0 Å². The van der Waals surface area contributed by atoms with Gasteiger partial charge in [0.2, 0.25) is 0 Å². The van der Waals surface area contributed by atoms with Crippen LogP contribution in [0, 0.1) is 11.8 Å². The Bertz CT molecular complexity index is 444. The van der Waals surface area contributed by atoms with E-state index in [1.807, 2.05) is 12.2 Å². The summed E-state index contributed by atoms with van der Waals surface area (Å²) in [6.07, 6.45) is 7.18. The third-order valence-electron chi connectivity index (χ3n) is 2.70. The highest BCUT2D eigenvalue weighted by Gasteiger charge is 2.25. The molecule has 0 N–H and O–H groups in total. The lowest BCUT2D eigenvalue weighted by atomic mass is 9.84. The fraction of sp³-hybridized carbons (Fsp3) is 0.800. The fourth-order valence-electron chi connectivity index (χ4n) is 1.76. The summed E-state index contributed by atoms with van der Waals surface area (Å²) in [6, 6.07) is 0. The van der Waals surface area contributed by atoms with Crippen LogP contribution < -0.4 is 0 Å². The zero-order chi connectivity index (χ0) is 13.8. The summed E-state index contributed by atoms with van der Waals surface area (Å²) in [6.45, 7) is 0.113. The molecule has 8 heteroatoms. The first-order chi connectivity index (χ1) is 8.17. The van der Waals surface area contributed by atoms with Crippen LogP contribution in [0.15, 0.2) is 12.2 Å². The van der Waals surface area contributed by atoms with Gasteiger partial charge in [0, 0.05) is 0 Å². The third-order valence-corrected chi connectivity index (χ3v) is 3.83. The Labute approximate surface area is 108 Å². The normalized spacial score (nSPS) is 25.2. The van der Waals surface area contributed by atoms with Gasteiger partial charge >= 0.3 is 0 Å². The van der Waals surface area contributed by atoms with E-state index in [4.69, 9.17) is 8.37 Å². The molecule has 6 nitrogen and oxygen atoms in total. The predicted molar refractivity (Wildman–Crippen MR) is 66.9 cm³/mol. The topological polar surface area (TPSA) is 86.7 Å². The first-order valence-corrected chi connectivity index (χ1v) is 9.14. The largest absolute Gasteiger partial charge is 0.270 e. The zero-order valence-electron chi connectivity index (χ0n) is 10.4. The van der Waals surface area contributed by atoms with E-state index < -0.39 is 20.2 Å². The van der Waals surface area contributed by atoms with Gasteiger partial charge in [0.1, 0.15) is 0 Å². The molecule has 0 spiro atoms. The molecule has 0 saturated carbocycles. The van der Waals surface area contributed by atoms with Crippen LogP contribution in [0.2, 0.25) is 0 Å². The summed E-state index contributed by atoms with van der Waals surface area (Å²) in [5, 5.41) is 0. The molecular formula is C10H18O6S2. The number of hydrogen-bond donors (Lipinski definition) is 0. The first kappa shape index (κ1) is 15.6. The first-order valence-electron chi connectivity index (χ1n) is 5.51.